The molecule has 2 aliphatic rings. The maximum atomic E-state index is 13.4. The van der Waals surface area contributed by atoms with Gasteiger partial charge >= 0.3 is 0 Å². The van der Waals surface area contributed by atoms with Crippen LogP contribution in [0.1, 0.15) is 52.0 Å². The third kappa shape index (κ3) is 4.21. The summed E-state index contributed by atoms with van der Waals surface area (Å²) in [4.78, 5) is 2.35. The minimum atomic E-state index is -3.80. The van der Waals surface area contributed by atoms with E-state index < -0.39 is 22.0 Å². The van der Waals surface area contributed by atoms with Gasteiger partial charge in [0.25, 0.3) is 6.43 Å². The van der Waals surface area contributed by atoms with Crippen LogP contribution in [0.5, 0.6) is 0 Å². The highest BCUT2D eigenvalue weighted by Crippen LogP contribution is 2.38. The average Bonchev–Trinajstić information content (AvgIpc) is 3.17. The molecular formula is C22H28F2N6O2S2. The summed E-state index contributed by atoms with van der Waals surface area (Å²) in [5.41, 5.74) is 1.67. The number of hydrogen-bond acceptors (Lipinski definition) is 7. The molecule has 1 saturated carbocycles. The normalized spacial score (nSPS) is 24.8. The van der Waals surface area contributed by atoms with Gasteiger partial charge in [0.05, 0.1) is 16.9 Å². The third-order valence-electron chi connectivity index (χ3n) is 6.80. The van der Waals surface area contributed by atoms with Crippen LogP contribution in [-0.2, 0) is 10.0 Å². The van der Waals surface area contributed by atoms with Crippen molar-refractivity contribution >= 4 is 32.6 Å². The van der Waals surface area contributed by atoms with E-state index in [0.717, 1.165) is 35.4 Å². The summed E-state index contributed by atoms with van der Waals surface area (Å²) in [6, 6.07) is 5.89. The largest absolute Gasteiger partial charge is 0.364 e. The highest BCUT2D eigenvalue weighted by atomic mass is 32.2. The second-order valence-corrected chi connectivity index (χ2v) is 12.4. The topological polar surface area (TPSA) is 91.6 Å². The Kier molecular flexibility index (Phi) is 5.70. The molecule has 2 fully saturated rings. The number of sulfonamides is 1. The average molecular weight is 511 g/mol. The molecule has 34 heavy (non-hydrogen) atoms. The van der Waals surface area contributed by atoms with Crippen LogP contribution >= 0.6 is 11.3 Å². The van der Waals surface area contributed by atoms with Crippen molar-refractivity contribution in [2.24, 2.45) is 0 Å². The highest BCUT2D eigenvalue weighted by molar-refractivity contribution is 7.89. The summed E-state index contributed by atoms with van der Waals surface area (Å²) in [5, 5.41) is 11.0. The molecule has 2 N–H and O–H groups in total. The zero-order valence-corrected chi connectivity index (χ0v) is 21.1. The Labute approximate surface area is 201 Å². The molecule has 0 radical (unpaired) electrons. The Morgan fingerprint density at radius 2 is 1.97 bits per heavy atom. The molecule has 1 aliphatic heterocycles. The van der Waals surface area contributed by atoms with Crippen molar-refractivity contribution in [2.75, 3.05) is 11.4 Å². The molecule has 4 heterocycles. The number of rotatable bonds is 6. The Hall–Kier alpha value is -2.15. The van der Waals surface area contributed by atoms with Crippen molar-refractivity contribution in [1.29, 1.82) is 0 Å². The van der Waals surface area contributed by atoms with Gasteiger partial charge in [0.2, 0.25) is 10.0 Å². The number of anilines is 1. The van der Waals surface area contributed by atoms with Crippen LogP contribution < -0.4 is 14.9 Å². The second kappa shape index (κ2) is 8.21. The lowest BCUT2D eigenvalue weighted by Crippen LogP contribution is -2.59. The predicted octanol–water partition coefficient (Wildman–Crippen LogP) is 3.80. The Bertz CT molecular complexity index is 1330. The maximum absolute atomic E-state index is 13.4. The minimum Gasteiger partial charge on any atom is -0.364 e. The van der Waals surface area contributed by atoms with Crippen LogP contribution in [0.4, 0.5) is 14.5 Å². The van der Waals surface area contributed by atoms with Gasteiger partial charge in [0, 0.05) is 36.4 Å². The Balaban J connectivity index is 1.69. The van der Waals surface area contributed by atoms with Crippen LogP contribution in [0.25, 0.3) is 16.2 Å². The van der Waals surface area contributed by atoms with Gasteiger partial charge in [-0.3, -0.25) is 0 Å². The summed E-state index contributed by atoms with van der Waals surface area (Å²) in [7, 11) is -3.80. The summed E-state index contributed by atoms with van der Waals surface area (Å²) in [5.74, 6) is 0. The Morgan fingerprint density at radius 3 is 2.62 bits per heavy atom. The van der Waals surface area contributed by atoms with E-state index in [4.69, 9.17) is 0 Å². The van der Waals surface area contributed by atoms with Crippen LogP contribution in [0.15, 0.2) is 29.3 Å². The van der Waals surface area contributed by atoms with Crippen LogP contribution in [-0.4, -0.2) is 53.2 Å². The zero-order valence-electron chi connectivity index (χ0n) is 19.4. The molecule has 5 rings (SSSR count). The number of piperazine rings is 1. The van der Waals surface area contributed by atoms with Crippen LogP contribution in [0, 0.1) is 0 Å². The molecule has 1 aliphatic carbocycles. The lowest BCUT2D eigenvalue weighted by Gasteiger charge is -2.43. The number of pyridine rings is 1. The number of aromatic nitrogens is 3. The van der Waals surface area contributed by atoms with E-state index in [1.165, 1.54) is 0 Å². The number of nitrogens with zero attached hydrogens (tertiary/aromatic N) is 4. The molecule has 12 heteroatoms. The van der Waals surface area contributed by atoms with Gasteiger partial charge in [0.15, 0.2) is 10.0 Å². The molecule has 0 spiro atoms. The number of nitrogens with one attached hydrogen (secondary N) is 2. The molecule has 3 aromatic rings. The highest BCUT2D eigenvalue weighted by Gasteiger charge is 2.41. The van der Waals surface area contributed by atoms with Crippen LogP contribution in [0.2, 0.25) is 0 Å². The first-order chi connectivity index (χ1) is 16.0. The molecule has 1 saturated heterocycles. The number of hydrogen-bond donors (Lipinski definition) is 2. The molecular weight excluding hydrogens is 482 g/mol. The summed E-state index contributed by atoms with van der Waals surface area (Å²) < 4.78 is 57.6. The summed E-state index contributed by atoms with van der Waals surface area (Å²) >= 11 is 0.808. The van der Waals surface area contributed by atoms with Crippen molar-refractivity contribution in [3.63, 3.8) is 0 Å². The van der Waals surface area contributed by atoms with E-state index in [-0.39, 0.29) is 28.0 Å². The number of fused-ring (bicyclic) bond motifs is 1. The fourth-order valence-corrected chi connectivity index (χ4v) is 6.71. The van der Waals surface area contributed by atoms with Gasteiger partial charge < -0.3 is 14.6 Å². The van der Waals surface area contributed by atoms with Crippen molar-refractivity contribution in [3.05, 3.63) is 29.4 Å². The predicted molar refractivity (Wildman–Crippen MR) is 128 cm³/mol. The lowest BCUT2D eigenvalue weighted by molar-refractivity contribution is 0.150. The van der Waals surface area contributed by atoms with Gasteiger partial charge in [-0.1, -0.05) is 11.3 Å². The summed E-state index contributed by atoms with van der Waals surface area (Å²) in [6.45, 7) is 8.90. The molecule has 184 valence electrons. The molecule has 0 unspecified atom stereocenters. The first kappa shape index (κ1) is 23.6. The fraction of sp³-hybridized carbons (Fsp3) is 0.545. The van der Waals surface area contributed by atoms with Gasteiger partial charge in [-0.15, -0.1) is 10.2 Å². The van der Waals surface area contributed by atoms with Gasteiger partial charge in [-0.05, 0) is 58.7 Å². The van der Waals surface area contributed by atoms with E-state index in [0.29, 0.717) is 17.2 Å². The van der Waals surface area contributed by atoms with Gasteiger partial charge in [-0.25, -0.2) is 21.9 Å². The molecule has 3 aromatic heterocycles. The number of alkyl halides is 2. The standard InChI is InChI=1S/C22H28F2N6O2S2/c1-12-10-29(14(3)13(2)25-12)18-9-15(34(31,32)28-22(4)7-8-22)11-30-16(18)5-6-17(30)20-26-27-21(33-20)19(23)24/h5-6,9,11-14,19,25,28H,7-8,10H2,1-4H3/t12-,13-,14-/m1/s1. The SMILES string of the molecule is C[C@@H]1CN(c2cc(S(=O)(=O)NC3(C)CC3)cn3c(-c4nnc(C(F)F)s4)ccc23)[C@H](C)[C@@H](C)N1. The molecule has 3 atom stereocenters. The Morgan fingerprint density at radius 1 is 1.24 bits per heavy atom. The van der Waals surface area contributed by atoms with E-state index in [1.807, 2.05) is 13.0 Å². The minimum absolute atomic E-state index is 0.108. The van der Waals surface area contributed by atoms with Crippen molar-refractivity contribution < 1.29 is 17.2 Å². The third-order valence-corrected chi connectivity index (χ3v) is 9.35. The zero-order chi connectivity index (χ0) is 24.4. The van der Waals surface area contributed by atoms with Crippen molar-refractivity contribution in [2.45, 2.75) is 75.5 Å². The number of halogens is 2. The van der Waals surface area contributed by atoms with Crippen LogP contribution in [0.3, 0.4) is 0 Å². The van der Waals surface area contributed by atoms with Gasteiger partial charge in [-0.2, -0.15) is 0 Å². The molecule has 0 aromatic carbocycles. The lowest BCUT2D eigenvalue weighted by atomic mass is 10.0. The molecule has 0 amide bonds. The monoisotopic (exact) mass is 510 g/mol. The molecule has 0 bridgehead atoms. The smallest absolute Gasteiger partial charge is 0.291 e. The first-order valence-corrected chi connectivity index (χ1v) is 13.6. The second-order valence-electron chi connectivity index (χ2n) is 9.70. The van der Waals surface area contributed by atoms with E-state index in [1.54, 1.807) is 22.7 Å². The summed E-state index contributed by atoms with van der Waals surface area (Å²) in [6.07, 6.45) is 0.422. The first-order valence-electron chi connectivity index (χ1n) is 11.3. The maximum Gasteiger partial charge on any atom is 0.291 e. The van der Waals surface area contributed by atoms with E-state index in [2.05, 4.69) is 45.9 Å². The quantitative estimate of drug-likeness (QED) is 0.524. The molecule has 8 nitrogen and oxygen atoms in total. The van der Waals surface area contributed by atoms with Crippen molar-refractivity contribution in [3.8, 4) is 10.7 Å². The fourth-order valence-electron chi connectivity index (χ4n) is 4.51. The van der Waals surface area contributed by atoms with Gasteiger partial charge in [0.1, 0.15) is 4.90 Å². The van der Waals surface area contributed by atoms with E-state index in [9.17, 15) is 17.2 Å². The van der Waals surface area contributed by atoms with E-state index >= 15 is 0 Å². The van der Waals surface area contributed by atoms with Crippen molar-refractivity contribution in [1.82, 2.24) is 24.6 Å².